The molecule has 0 nitrogen and oxygen atoms in total. The lowest BCUT2D eigenvalue weighted by atomic mass is 10.0. The monoisotopic (exact) mass is 252 g/mol. The Kier molecular flexibility index (Phi) is 5.52. The zero-order valence-electron chi connectivity index (χ0n) is 11.5. The van der Waals surface area contributed by atoms with E-state index < -0.39 is 5.92 Å². The number of halogens is 2. The zero-order chi connectivity index (χ0) is 13.6. The fraction of sp³-hybridized carbons (Fsp3) is 0.500. The summed E-state index contributed by atoms with van der Waals surface area (Å²) in [5.41, 5.74) is 2.72. The second-order valence-electron chi connectivity index (χ2n) is 4.32. The van der Waals surface area contributed by atoms with Crippen molar-refractivity contribution in [3.05, 3.63) is 47.0 Å². The maximum atomic E-state index is 13.3. The van der Waals surface area contributed by atoms with Gasteiger partial charge in [-0.25, -0.2) is 8.78 Å². The van der Waals surface area contributed by atoms with Crippen molar-refractivity contribution in [1.82, 2.24) is 0 Å². The number of benzene rings is 1. The van der Waals surface area contributed by atoms with Gasteiger partial charge in [-0.2, -0.15) is 0 Å². The van der Waals surface area contributed by atoms with Gasteiger partial charge in [-0.05, 0) is 24.8 Å². The van der Waals surface area contributed by atoms with Crippen LogP contribution < -0.4 is 0 Å². The van der Waals surface area contributed by atoms with Crippen molar-refractivity contribution in [3.63, 3.8) is 0 Å². The normalized spacial score (nSPS) is 13.7. The fourth-order valence-corrected chi connectivity index (χ4v) is 1.63. The Hall–Kier alpha value is -1.18. The summed E-state index contributed by atoms with van der Waals surface area (Å²) in [4.78, 5) is 0. The molecule has 1 saturated carbocycles. The molecule has 1 aromatic rings. The Morgan fingerprint density at radius 2 is 1.67 bits per heavy atom. The molecule has 1 aliphatic rings. The smallest absolute Gasteiger partial charge is 0.201 e. The van der Waals surface area contributed by atoms with Crippen LogP contribution in [-0.4, -0.2) is 0 Å². The summed E-state index contributed by atoms with van der Waals surface area (Å²) in [7, 11) is 0. The van der Waals surface area contributed by atoms with Gasteiger partial charge in [-0.15, -0.1) is 0 Å². The number of hydrogen-bond acceptors (Lipinski definition) is 0. The van der Waals surface area contributed by atoms with Crippen molar-refractivity contribution in [2.75, 3.05) is 0 Å². The third kappa shape index (κ3) is 4.25. The summed E-state index contributed by atoms with van der Waals surface area (Å²) >= 11 is 0. The molecule has 0 aromatic heterocycles. The highest BCUT2D eigenvalue weighted by molar-refractivity contribution is 5.28. The molecule has 0 saturated heterocycles. The van der Waals surface area contributed by atoms with Gasteiger partial charge < -0.3 is 0 Å². The van der Waals surface area contributed by atoms with Gasteiger partial charge >= 0.3 is 0 Å². The summed E-state index contributed by atoms with van der Waals surface area (Å²) in [6.45, 7) is 5.51. The molecule has 0 amide bonds. The Labute approximate surface area is 109 Å². The summed E-state index contributed by atoms with van der Waals surface area (Å²) in [5, 5.41) is 0. The van der Waals surface area contributed by atoms with Crippen molar-refractivity contribution in [2.24, 2.45) is 0 Å². The predicted octanol–water partition coefficient (Wildman–Crippen LogP) is 5.48. The largest absolute Gasteiger partial charge is 0.273 e. The average Bonchev–Trinajstić information content (AvgIpc) is 3.23. The van der Waals surface area contributed by atoms with E-state index in [0.717, 1.165) is 12.0 Å². The van der Waals surface area contributed by atoms with Crippen molar-refractivity contribution in [3.8, 4) is 0 Å². The quantitative estimate of drug-likeness (QED) is 0.623. The van der Waals surface area contributed by atoms with E-state index in [9.17, 15) is 8.78 Å². The lowest BCUT2D eigenvalue weighted by Gasteiger charge is -2.14. The van der Waals surface area contributed by atoms with E-state index in [1.165, 1.54) is 25.3 Å². The molecule has 0 spiro atoms. The van der Waals surface area contributed by atoms with Crippen LogP contribution in [0.2, 0.25) is 0 Å². The van der Waals surface area contributed by atoms with E-state index in [2.05, 4.69) is 6.08 Å². The van der Waals surface area contributed by atoms with Crippen LogP contribution in [0, 0.1) is 0 Å². The Morgan fingerprint density at radius 3 is 2.11 bits per heavy atom. The Bertz CT molecular complexity index is 382. The maximum absolute atomic E-state index is 13.3. The van der Waals surface area contributed by atoms with Gasteiger partial charge in [0, 0.05) is 12.0 Å². The average molecular weight is 252 g/mol. The molecule has 0 unspecified atom stereocenters. The van der Waals surface area contributed by atoms with E-state index >= 15 is 0 Å². The standard InChI is InChI=1S/C14H16F2.C2H6/c1-2-14(15,16)13-9-7-12(8-10-13)6-5-11-3-4-11;1-2/h5,7-10H,2-4,6H2,1H3;1-2H3. The van der Waals surface area contributed by atoms with Crippen LogP contribution >= 0.6 is 0 Å². The van der Waals surface area contributed by atoms with Gasteiger partial charge in [0.25, 0.3) is 5.92 Å². The molecule has 1 fully saturated rings. The van der Waals surface area contributed by atoms with Gasteiger partial charge in [0.2, 0.25) is 0 Å². The molecule has 18 heavy (non-hydrogen) atoms. The van der Waals surface area contributed by atoms with E-state index in [1.54, 1.807) is 24.3 Å². The molecule has 2 heteroatoms. The fourth-order valence-electron chi connectivity index (χ4n) is 1.63. The van der Waals surface area contributed by atoms with Gasteiger partial charge in [-0.3, -0.25) is 0 Å². The summed E-state index contributed by atoms with van der Waals surface area (Å²) < 4.78 is 26.7. The highest BCUT2D eigenvalue weighted by Crippen LogP contribution is 2.31. The SMILES string of the molecule is CC.CCC(F)(F)c1ccc(CC=C2CC2)cc1. The Morgan fingerprint density at radius 1 is 1.11 bits per heavy atom. The number of alkyl halides is 2. The molecule has 2 rings (SSSR count). The highest BCUT2D eigenvalue weighted by atomic mass is 19.3. The molecule has 0 radical (unpaired) electrons. The molecule has 1 aromatic carbocycles. The van der Waals surface area contributed by atoms with Gasteiger partial charge in [0.15, 0.2) is 0 Å². The van der Waals surface area contributed by atoms with Crippen LogP contribution in [-0.2, 0) is 12.3 Å². The van der Waals surface area contributed by atoms with E-state index in [4.69, 9.17) is 0 Å². The highest BCUT2D eigenvalue weighted by Gasteiger charge is 2.28. The second-order valence-corrected chi connectivity index (χ2v) is 4.32. The Balaban J connectivity index is 0.000000771. The molecule has 0 heterocycles. The number of rotatable bonds is 4. The van der Waals surface area contributed by atoms with Crippen molar-refractivity contribution < 1.29 is 8.78 Å². The van der Waals surface area contributed by atoms with Crippen molar-refractivity contribution in [2.45, 2.75) is 52.4 Å². The molecule has 0 aliphatic heterocycles. The molecular weight excluding hydrogens is 230 g/mol. The minimum Gasteiger partial charge on any atom is -0.201 e. The molecule has 0 N–H and O–H groups in total. The topological polar surface area (TPSA) is 0 Å². The molecule has 0 atom stereocenters. The third-order valence-electron chi connectivity index (χ3n) is 2.99. The third-order valence-corrected chi connectivity index (χ3v) is 2.99. The maximum Gasteiger partial charge on any atom is 0.273 e. The second kappa shape index (κ2) is 6.67. The first-order chi connectivity index (χ1) is 8.62. The molecular formula is C16H22F2. The summed E-state index contributed by atoms with van der Waals surface area (Å²) in [6.07, 6.45) is 5.36. The number of allylic oxidation sites excluding steroid dienone is 2. The summed E-state index contributed by atoms with van der Waals surface area (Å²) in [5.74, 6) is -2.69. The first-order valence-electron chi connectivity index (χ1n) is 6.77. The molecule has 0 bridgehead atoms. The predicted molar refractivity (Wildman–Crippen MR) is 73.0 cm³/mol. The van der Waals surface area contributed by atoms with Gasteiger partial charge in [0.05, 0.1) is 0 Å². The van der Waals surface area contributed by atoms with Gasteiger partial charge in [0.1, 0.15) is 0 Å². The van der Waals surface area contributed by atoms with Gasteiger partial charge in [-0.1, -0.05) is 56.7 Å². The minimum absolute atomic E-state index is 0.123. The van der Waals surface area contributed by atoms with E-state index in [0.29, 0.717) is 0 Å². The molecule has 100 valence electrons. The van der Waals surface area contributed by atoms with Crippen LogP contribution in [0.15, 0.2) is 35.9 Å². The van der Waals surface area contributed by atoms with Crippen LogP contribution in [0.3, 0.4) is 0 Å². The minimum atomic E-state index is -2.69. The van der Waals surface area contributed by atoms with Crippen molar-refractivity contribution >= 4 is 0 Å². The van der Waals surface area contributed by atoms with Crippen LogP contribution in [0.4, 0.5) is 8.78 Å². The van der Waals surface area contributed by atoms with Crippen molar-refractivity contribution in [1.29, 1.82) is 0 Å². The zero-order valence-corrected chi connectivity index (χ0v) is 11.5. The lowest BCUT2D eigenvalue weighted by molar-refractivity contribution is -0.00829. The molecule has 1 aliphatic carbocycles. The van der Waals surface area contributed by atoms with E-state index in [1.807, 2.05) is 13.8 Å². The number of hydrogen-bond donors (Lipinski definition) is 0. The summed E-state index contributed by atoms with van der Waals surface area (Å²) in [6, 6.07) is 6.70. The first kappa shape index (κ1) is 14.9. The van der Waals surface area contributed by atoms with Crippen LogP contribution in [0.5, 0.6) is 0 Å². The lowest BCUT2D eigenvalue weighted by Crippen LogP contribution is -2.11. The van der Waals surface area contributed by atoms with Crippen LogP contribution in [0.25, 0.3) is 0 Å². The van der Waals surface area contributed by atoms with E-state index in [-0.39, 0.29) is 12.0 Å². The first-order valence-corrected chi connectivity index (χ1v) is 6.77. The van der Waals surface area contributed by atoms with Crippen LogP contribution in [0.1, 0.15) is 51.2 Å².